The van der Waals surface area contributed by atoms with E-state index >= 15 is 0 Å². The molecule has 3 heterocycles. The summed E-state index contributed by atoms with van der Waals surface area (Å²) in [4.78, 5) is 21.9. The van der Waals surface area contributed by atoms with E-state index in [1.165, 1.54) is 23.5 Å². The topological polar surface area (TPSA) is 54.3 Å². The summed E-state index contributed by atoms with van der Waals surface area (Å²) in [6.45, 7) is 13.0. The fraction of sp³-hybridized carbons (Fsp3) is 0.667. The predicted octanol–water partition coefficient (Wildman–Crippen LogP) is 2.69. The average Bonchev–Trinajstić information content (AvgIpc) is 3.41. The Balaban J connectivity index is 1.26. The molecule has 2 aliphatic rings. The second-order valence-corrected chi connectivity index (χ2v) is 9.99. The summed E-state index contributed by atoms with van der Waals surface area (Å²) in [6.07, 6.45) is 2.64. The van der Waals surface area contributed by atoms with E-state index in [2.05, 4.69) is 41.0 Å². The highest BCUT2D eigenvalue weighted by atomic mass is 32.1. The normalized spacial score (nSPS) is 19.2. The molecule has 0 N–H and O–H groups in total. The van der Waals surface area contributed by atoms with Crippen LogP contribution in [0.4, 0.5) is 0 Å². The zero-order valence-electron chi connectivity index (χ0n) is 17.2. The lowest BCUT2D eigenvalue weighted by atomic mass is 9.92. The van der Waals surface area contributed by atoms with Crippen molar-refractivity contribution in [3.8, 4) is 0 Å². The number of rotatable bonds is 6. The zero-order valence-corrected chi connectivity index (χ0v) is 18.0. The van der Waals surface area contributed by atoms with E-state index in [1.807, 2.05) is 17.4 Å². The number of aromatic nitrogens is 3. The van der Waals surface area contributed by atoms with Crippen molar-refractivity contribution >= 4 is 11.3 Å². The van der Waals surface area contributed by atoms with Crippen LogP contribution in [0.2, 0.25) is 0 Å². The van der Waals surface area contributed by atoms with Gasteiger partial charge in [0.1, 0.15) is 0 Å². The maximum absolute atomic E-state index is 12.1. The first-order valence-corrected chi connectivity index (χ1v) is 11.2. The van der Waals surface area contributed by atoms with Gasteiger partial charge in [-0.2, -0.15) is 5.10 Å². The summed E-state index contributed by atoms with van der Waals surface area (Å²) in [5.41, 5.74) is 2.14. The molecule has 1 aliphatic carbocycles. The van der Waals surface area contributed by atoms with Crippen LogP contribution < -0.4 is 5.56 Å². The molecule has 28 heavy (non-hydrogen) atoms. The fourth-order valence-corrected chi connectivity index (χ4v) is 4.54. The molecule has 1 saturated heterocycles. The maximum atomic E-state index is 12.1. The van der Waals surface area contributed by atoms with Gasteiger partial charge in [-0.3, -0.25) is 14.6 Å². The van der Waals surface area contributed by atoms with Crippen LogP contribution in [0.15, 0.2) is 22.3 Å². The first kappa shape index (κ1) is 19.7. The van der Waals surface area contributed by atoms with Gasteiger partial charge in [0, 0.05) is 62.0 Å². The number of piperazine rings is 1. The van der Waals surface area contributed by atoms with Crippen LogP contribution in [-0.4, -0.2) is 57.3 Å². The van der Waals surface area contributed by atoms with Crippen molar-refractivity contribution in [1.82, 2.24) is 24.6 Å². The lowest BCUT2D eigenvalue weighted by Gasteiger charge is -2.34. The van der Waals surface area contributed by atoms with Crippen molar-refractivity contribution in [3.63, 3.8) is 0 Å². The van der Waals surface area contributed by atoms with Gasteiger partial charge in [-0.05, 0) is 18.9 Å². The van der Waals surface area contributed by atoms with Gasteiger partial charge < -0.3 is 0 Å². The quantitative estimate of drug-likeness (QED) is 0.745. The van der Waals surface area contributed by atoms with Crippen LogP contribution in [0.3, 0.4) is 0 Å². The van der Waals surface area contributed by atoms with Crippen LogP contribution >= 0.6 is 11.3 Å². The van der Waals surface area contributed by atoms with Crippen molar-refractivity contribution in [2.24, 2.45) is 0 Å². The van der Waals surface area contributed by atoms with E-state index in [1.54, 1.807) is 10.7 Å². The molecule has 0 radical (unpaired) electrons. The summed E-state index contributed by atoms with van der Waals surface area (Å²) >= 11 is 1.83. The highest BCUT2D eigenvalue weighted by Gasteiger charge is 2.27. The standard InChI is InChI=1S/C21H31N5OS/c1-21(2,3)18-6-7-19(27)26(23-18)13-12-24-8-10-25(11-9-24)14-17-15-28-20(22-17)16-4-5-16/h6-7,15-16H,4-5,8-14H2,1-3H3. The van der Waals surface area contributed by atoms with E-state index in [9.17, 15) is 4.79 Å². The van der Waals surface area contributed by atoms with Crippen LogP contribution in [-0.2, 0) is 18.5 Å². The van der Waals surface area contributed by atoms with Gasteiger partial charge in [0.25, 0.3) is 5.56 Å². The molecule has 1 saturated carbocycles. The lowest BCUT2D eigenvalue weighted by molar-refractivity contribution is 0.121. The van der Waals surface area contributed by atoms with E-state index in [4.69, 9.17) is 4.98 Å². The van der Waals surface area contributed by atoms with E-state index < -0.39 is 0 Å². The molecule has 0 atom stereocenters. The zero-order chi connectivity index (χ0) is 19.7. The number of thiazole rings is 1. The molecule has 6 nitrogen and oxygen atoms in total. The molecule has 0 aromatic carbocycles. The third-order valence-corrected chi connectivity index (χ3v) is 6.67. The molecule has 0 amide bonds. The summed E-state index contributed by atoms with van der Waals surface area (Å²) in [7, 11) is 0. The molecule has 2 aromatic heterocycles. The van der Waals surface area contributed by atoms with Gasteiger partial charge in [0.05, 0.1) is 22.9 Å². The molecule has 2 aromatic rings. The fourth-order valence-electron chi connectivity index (χ4n) is 3.56. The Hall–Kier alpha value is -1.57. The minimum atomic E-state index is -0.0455. The van der Waals surface area contributed by atoms with Gasteiger partial charge in [0.15, 0.2) is 0 Å². The Morgan fingerprint density at radius 1 is 1.07 bits per heavy atom. The highest BCUT2D eigenvalue weighted by Crippen LogP contribution is 2.41. The van der Waals surface area contributed by atoms with E-state index in [-0.39, 0.29) is 11.0 Å². The number of hydrogen-bond donors (Lipinski definition) is 0. The Morgan fingerprint density at radius 3 is 2.46 bits per heavy atom. The second-order valence-electron chi connectivity index (χ2n) is 9.10. The Kier molecular flexibility index (Phi) is 5.67. The number of nitrogens with zero attached hydrogens (tertiary/aromatic N) is 5. The van der Waals surface area contributed by atoms with Crippen molar-refractivity contribution in [2.75, 3.05) is 32.7 Å². The third-order valence-electron chi connectivity index (χ3n) is 5.61. The molecule has 2 fully saturated rings. The lowest BCUT2D eigenvalue weighted by Crippen LogP contribution is -2.47. The second kappa shape index (κ2) is 8.05. The number of hydrogen-bond acceptors (Lipinski definition) is 6. The van der Waals surface area contributed by atoms with Gasteiger partial charge in [-0.15, -0.1) is 11.3 Å². The van der Waals surface area contributed by atoms with Crippen molar-refractivity contribution < 1.29 is 0 Å². The smallest absolute Gasteiger partial charge is 0.266 e. The minimum Gasteiger partial charge on any atom is -0.299 e. The van der Waals surface area contributed by atoms with Crippen LogP contribution in [0, 0.1) is 0 Å². The first-order valence-electron chi connectivity index (χ1n) is 10.4. The Bertz CT molecular complexity index is 856. The molecule has 4 rings (SSSR count). The highest BCUT2D eigenvalue weighted by molar-refractivity contribution is 7.09. The van der Waals surface area contributed by atoms with Gasteiger partial charge in [0.2, 0.25) is 0 Å². The Labute approximate surface area is 171 Å². The monoisotopic (exact) mass is 401 g/mol. The molecule has 0 unspecified atom stereocenters. The van der Waals surface area contributed by atoms with Gasteiger partial charge >= 0.3 is 0 Å². The SMILES string of the molecule is CC(C)(C)c1ccc(=O)n(CCN2CCN(Cc3csc(C4CC4)n3)CC2)n1. The summed E-state index contributed by atoms with van der Waals surface area (Å²) < 4.78 is 1.63. The van der Waals surface area contributed by atoms with Crippen LogP contribution in [0.5, 0.6) is 0 Å². The molecule has 0 spiro atoms. The summed E-state index contributed by atoms with van der Waals surface area (Å²) in [5.74, 6) is 0.754. The molecular weight excluding hydrogens is 370 g/mol. The maximum Gasteiger partial charge on any atom is 0.266 e. The largest absolute Gasteiger partial charge is 0.299 e. The van der Waals surface area contributed by atoms with Gasteiger partial charge in [-0.25, -0.2) is 9.67 Å². The van der Waals surface area contributed by atoms with Crippen LogP contribution in [0.25, 0.3) is 0 Å². The van der Waals surface area contributed by atoms with Crippen molar-refractivity contribution in [3.05, 3.63) is 44.3 Å². The Morgan fingerprint density at radius 2 is 1.79 bits per heavy atom. The summed E-state index contributed by atoms with van der Waals surface area (Å²) in [6, 6.07) is 3.50. The first-order chi connectivity index (χ1) is 13.4. The van der Waals surface area contributed by atoms with Crippen molar-refractivity contribution in [1.29, 1.82) is 0 Å². The van der Waals surface area contributed by atoms with E-state index in [0.717, 1.165) is 50.9 Å². The molecule has 0 bridgehead atoms. The molecule has 7 heteroatoms. The molecule has 1 aliphatic heterocycles. The van der Waals surface area contributed by atoms with Crippen molar-refractivity contribution in [2.45, 2.75) is 58.0 Å². The molecular formula is C21H31N5OS. The third kappa shape index (κ3) is 4.88. The summed E-state index contributed by atoms with van der Waals surface area (Å²) in [5, 5.41) is 8.15. The predicted molar refractivity (Wildman–Crippen MR) is 113 cm³/mol. The van der Waals surface area contributed by atoms with E-state index in [0.29, 0.717) is 6.54 Å². The van der Waals surface area contributed by atoms with Crippen LogP contribution in [0.1, 0.15) is 55.9 Å². The average molecular weight is 402 g/mol. The molecule has 152 valence electrons. The van der Waals surface area contributed by atoms with Gasteiger partial charge in [-0.1, -0.05) is 20.8 Å². The minimum absolute atomic E-state index is 0.0124.